The van der Waals surface area contributed by atoms with E-state index >= 15 is 0 Å². The molecule has 0 aromatic heterocycles. The standard InChI is InChI=1S/C13H16FNO3/c1-17-9-13(16)15-6-7-18-12(8-15)10-2-4-11(14)5-3-10/h2-5,12H,6-9H2,1H3. The van der Waals surface area contributed by atoms with E-state index in [2.05, 4.69) is 0 Å². The van der Waals surface area contributed by atoms with Gasteiger partial charge < -0.3 is 14.4 Å². The molecule has 0 N–H and O–H groups in total. The fourth-order valence-electron chi connectivity index (χ4n) is 1.97. The lowest BCUT2D eigenvalue weighted by molar-refractivity contribution is -0.142. The molecule has 1 atom stereocenters. The fraction of sp³-hybridized carbons (Fsp3) is 0.462. The average Bonchev–Trinajstić information content (AvgIpc) is 2.40. The van der Waals surface area contributed by atoms with Crippen molar-refractivity contribution in [2.75, 3.05) is 33.4 Å². The molecule has 1 fully saturated rings. The highest BCUT2D eigenvalue weighted by atomic mass is 19.1. The van der Waals surface area contributed by atoms with Crippen molar-refractivity contribution in [2.24, 2.45) is 0 Å². The van der Waals surface area contributed by atoms with Gasteiger partial charge in [-0.25, -0.2) is 4.39 Å². The van der Waals surface area contributed by atoms with Crippen molar-refractivity contribution in [3.63, 3.8) is 0 Å². The molecule has 1 aliphatic rings. The predicted octanol–water partition coefficient (Wildman–Crippen LogP) is 1.37. The van der Waals surface area contributed by atoms with Gasteiger partial charge in [0.15, 0.2) is 0 Å². The first-order valence-corrected chi connectivity index (χ1v) is 5.84. The van der Waals surface area contributed by atoms with Crippen LogP contribution in [0.1, 0.15) is 11.7 Å². The molecule has 1 aromatic rings. The third-order valence-electron chi connectivity index (χ3n) is 2.93. The number of carbonyl (C=O) groups is 1. The zero-order chi connectivity index (χ0) is 13.0. The Morgan fingerprint density at radius 1 is 1.50 bits per heavy atom. The molecule has 1 heterocycles. The number of benzene rings is 1. The maximum atomic E-state index is 12.8. The maximum absolute atomic E-state index is 12.8. The lowest BCUT2D eigenvalue weighted by Gasteiger charge is -2.33. The number of carbonyl (C=O) groups excluding carboxylic acids is 1. The zero-order valence-electron chi connectivity index (χ0n) is 10.3. The second-order valence-corrected chi connectivity index (χ2v) is 4.18. The van der Waals surface area contributed by atoms with Gasteiger partial charge in [-0.1, -0.05) is 12.1 Å². The second kappa shape index (κ2) is 5.93. The topological polar surface area (TPSA) is 38.8 Å². The number of methoxy groups -OCH3 is 1. The number of hydrogen-bond donors (Lipinski definition) is 0. The van der Waals surface area contributed by atoms with Crippen LogP contribution < -0.4 is 0 Å². The minimum absolute atomic E-state index is 0.0482. The molecule has 4 nitrogen and oxygen atoms in total. The van der Waals surface area contributed by atoms with Gasteiger partial charge in [0.25, 0.3) is 0 Å². The smallest absolute Gasteiger partial charge is 0.248 e. The van der Waals surface area contributed by atoms with E-state index in [1.54, 1.807) is 17.0 Å². The van der Waals surface area contributed by atoms with Crippen LogP contribution in [-0.4, -0.2) is 44.2 Å². The molecule has 0 aliphatic carbocycles. The summed E-state index contributed by atoms with van der Waals surface area (Å²) in [5.41, 5.74) is 0.881. The number of ether oxygens (including phenoxy) is 2. The second-order valence-electron chi connectivity index (χ2n) is 4.18. The van der Waals surface area contributed by atoms with E-state index in [1.165, 1.54) is 19.2 Å². The van der Waals surface area contributed by atoms with Gasteiger partial charge in [-0.05, 0) is 17.7 Å². The summed E-state index contributed by atoms with van der Waals surface area (Å²) in [4.78, 5) is 13.4. The highest BCUT2D eigenvalue weighted by Crippen LogP contribution is 2.22. The summed E-state index contributed by atoms with van der Waals surface area (Å²) in [7, 11) is 1.50. The van der Waals surface area contributed by atoms with Crippen molar-refractivity contribution in [3.8, 4) is 0 Å². The molecule has 0 spiro atoms. The molecule has 0 radical (unpaired) electrons. The van der Waals surface area contributed by atoms with Crippen LogP contribution in [0.2, 0.25) is 0 Å². The van der Waals surface area contributed by atoms with Gasteiger partial charge >= 0.3 is 0 Å². The van der Waals surface area contributed by atoms with Crippen LogP contribution in [0, 0.1) is 5.82 Å². The average molecular weight is 253 g/mol. The largest absolute Gasteiger partial charge is 0.375 e. The molecule has 0 saturated carbocycles. The van der Waals surface area contributed by atoms with E-state index in [1.807, 2.05) is 0 Å². The number of nitrogens with zero attached hydrogens (tertiary/aromatic N) is 1. The molecule has 1 saturated heterocycles. The summed E-state index contributed by atoms with van der Waals surface area (Å²) in [6, 6.07) is 6.16. The molecule has 1 aromatic carbocycles. The summed E-state index contributed by atoms with van der Waals surface area (Å²) in [5.74, 6) is -0.324. The van der Waals surface area contributed by atoms with E-state index in [-0.39, 0.29) is 24.4 Å². The fourth-order valence-corrected chi connectivity index (χ4v) is 1.97. The summed E-state index contributed by atoms with van der Waals surface area (Å²) >= 11 is 0. The van der Waals surface area contributed by atoms with Gasteiger partial charge in [-0.15, -0.1) is 0 Å². The molecular formula is C13H16FNO3. The van der Waals surface area contributed by atoms with Crippen molar-refractivity contribution in [1.29, 1.82) is 0 Å². The highest BCUT2D eigenvalue weighted by Gasteiger charge is 2.25. The van der Waals surface area contributed by atoms with E-state index < -0.39 is 0 Å². The third kappa shape index (κ3) is 3.05. The Bertz CT molecular complexity index is 407. The number of morpholine rings is 1. The molecule has 98 valence electrons. The lowest BCUT2D eigenvalue weighted by Crippen LogP contribution is -2.43. The molecule has 1 aliphatic heterocycles. The summed E-state index contributed by atoms with van der Waals surface area (Å²) in [5, 5.41) is 0. The van der Waals surface area contributed by atoms with Gasteiger partial charge in [0, 0.05) is 13.7 Å². The number of rotatable bonds is 3. The van der Waals surface area contributed by atoms with Crippen LogP contribution in [0.25, 0.3) is 0 Å². The molecule has 1 amide bonds. The molecular weight excluding hydrogens is 237 g/mol. The first kappa shape index (κ1) is 13.0. The Kier molecular flexibility index (Phi) is 4.28. The Morgan fingerprint density at radius 3 is 2.89 bits per heavy atom. The van der Waals surface area contributed by atoms with Crippen LogP contribution in [0.4, 0.5) is 4.39 Å². The Morgan fingerprint density at radius 2 is 2.22 bits per heavy atom. The van der Waals surface area contributed by atoms with Gasteiger partial charge in [0.1, 0.15) is 18.5 Å². The Labute approximate surface area is 105 Å². The van der Waals surface area contributed by atoms with E-state index in [0.717, 1.165) is 5.56 Å². The number of hydrogen-bond acceptors (Lipinski definition) is 3. The van der Waals surface area contributed by atoms with E-state index in [9.17, 15) is 9.18 Å². The van der Waals surface area contributed by atoms with E-state index in [4.69, 9.17) is 9.47 Å². The van der Waals surface area contributed by atoms with Crippen LogP contribution in [0.3, 0.4) is 0 Å². The van der Waals surface area contributed by atoms with Crippen LogP contribution in [0.5, 0.6) is 0 Å². The predicted molar refractivity (Wildman–Crippen MR) is 63.5 cm³/mol. The molecule has 1 unspecified atom stereocenters. The summed E-state index contributed by atoms with van der Waals surface area (Å²) in [6.45, 7) is 1.61. The van der Waals surface area contributed by atoms with Crippen molar-refractivity contribution < 1.29 is 18.7 Å². The summed E-state index contributed by atoms with van der Waals surface area (Å²) in [6.07, 6.45) is -0.194. The zero-order valence-corrected chi connectivity index (χ0v) is 10.3. The van der Waals surface area contributed by atoms with Gasteiger partial charge in [0.05, 0.1) is 13.2 Å². The first-order chi connectivity index (χ1) is 8.70. The highest BCUT2D eigenvalue weighted by molar-refractivity contribution is 5.77. The minimum Gasteiger partial charge on any atom is -0.375 e. The van der Waals surface area contributed by atoms with Crippen LogP contribution in [0.15, 0.2) is 24.3 Å². The SMILES string of the molecule is COCC(=O)N1CCOC(c2ccc(F)cc2)C1. The van der Waals surface area contributed by atoms with Crippen molar-refractivity contribution >= 4 is 5.91 Å². The van der Waals surface area contributed by atoms with Gasteiger partial charge in [-0.3, -0.25) is 4.79 Å². The molecule has 2 rings (SSSR count). The van der Waals surface area contributed by atoms with Crippen molar-refractivity contribution in [3.05, 3.63) is 35.6 Å². The first-order valence-electron chi connectivity index (χ1n) is 5.84. The van der Waals surface area contributed by atoms with Crippen molar-refractivity contribution in [2.45, 2.75) is 6.10 Å². The number of amides is 1. The molecule has 5 heteroatoms. The quantitative estimate of drug-likeness (QED) is 0.816. The van der Waals surface area contributed by atoms with Gasteiger partial charge in [0.2, 0.25) is 5.91 Å². The molecule has 18 heavy (non-hydrogen) atoms. The van der Waals surface area contributed by atoms with Crippen molar-refractivity contribution in [1.82, 2.24) is 4.90 Å². The number of halogens is 1. The summed E-state index contributed by atoms with van der Waals surface area (Å²) < 4.78 is 23.3. The monoisotopic (exact) mass is 253 g/mol. The van der Waals surface area contributed by atoms with Crippen LogP contribution >= 0.6 is 0 Å². The van der Waals surface area contributed by atoms with E-state index in [0.29, 0.717) is 19.7 Å². The maximum Gasteiger partial charge on any atom is 0.248 e. The van der Waals surface area contributed by atoms with Crippen LogP contribution in [-0.2, 0) is 14.3 Å². The Hall–Kier alpha value is -1.46. The lowest BCUT2D eigenvalue weighted by atomic mass is 10.1. The Balaban J connectivity index is 2.02. The van der Waals surface area contributed by atoms with Gasteiger partial charge in [-0.2, -0.15) is 0 Å². The minimum atomic E-state index is -0.276. The molecule has 0 bridgehead atoms. The third-order valence-corrected chi connectivity index (χ3v) is 2.93. The normalized spacial score (nSPS) is 19.9.